The third-order valence-electron chi connectivity index (χ3n) is 4.69. The number of likely N-dealkylation sites (tertiary alicyclic amines) is 1. The maximum atomic E-state index is 12.7. The number of amides is 1. The zero-order valence-corrected chi connectivity index (χ0v) is 15.3. The molecule has 0 spiro atoms. The minimum absolute atomic E-state index is 0.0947. The molecule has 0 aliphatic carbocycles. The van der Waals surface area contributed by atoms with Gasteiger partial charge in [0.05, 0.1) is 16.8 Å². The summed E-state index contributed by atoms with van der Waals surface area (Å²) in [6.07, 6.45) is 3.97. The number of aliphatic hydroxyl groups excluding tert-OH is 1. The number of nitro benzene ring substituents is 1. The zero-order chi connectivity index (χ0) is 20.3. The molecule has 0 saturated carbocycles. The monoisotopic (exact) mass is 384 g/mol. The highest BCUT2D eigenvalue weighted by molar-refractivity contribution is 6.46. The minimum Gasteiger partial charge on any atom is -0.507 e. The van der Waals surface area contributed by atoms with E-state index in [0.29, 0.717) is 18.7 Å². The average molecular weight is 384 g/mol. The van der Waals surface area contributed by atoms with Gasteiger partial charge in [-0.25, -0.2) is 0 Å². The molecule has 2 heterocycles. The molecular formula is C20H20N2O6. The Labute approximate surface area is 161 Å². The Morgan fingerprint density at radius 1 is 1.25 bits per heavy atom. The number of carbonyl (C=O) groups is 2. The molecule has 1 N–H and O–H groups in total. The van der Waals surface area contributed by atoms with Crippen LogP contribution in [-0.4, -0.2) is 33.2 Å². The van der Waals surface area contributed by atoms with Crippen LogP contribution in [0.1, 0.15) is 43.6 Å². The van der Waals surface area contributed by atoms with Gasteiger partial charge in [0, 0.05) is 24.2 Å². The third-order valence-corrected chi connectivity index (χ3v) is 4.69. The van der Waals surface area contributed by atoms with Crippen molar-refractivity contribution >= 4 is 23.1 Å². The molecule has 2 aromatic rings. The first kappa shape index (κ1) is 19.3. The van der Waals surface area contributed by atoms with Gasteiger partial charge in [-0.15, -0.1) is 0 Å². The van der Waals surface area contributed by atoms with Crippen molar-refractivity contribution in [3.63, 3.8) is 0 Å². The number of non-ortho nitro benzene ring substituents is 1. The van der Waals surface area contributed by atoms with Crippen molar-refractivity contribution in [1.82, 2.24) is 4.90 Å². The van der Waals surface area contributed by atoms with Crippen LogP contribution in [0.3, 0.4) is 0 Å². The highest BCUT2D eigenvalue weighted by Gasteiger charge is 2.47. The van der Waals surface area contributed by atoms with Gasteiger partial charge in [-0.05, 0) is 18.6 Å². The second-order valence-corrected chi connectivity index (χ2v) is 6.52. The Morgan fingerprint density at radius 2 is 2.04 bits per heavy atom. The third kappa shape index (κ3) is 3.53. The van der Waals surface area contributed by atoms with Crippen LogP contribution in [0.4, 0.5) is 5.69 Å². The predicted molar refractivity (Wildman–Crippen MR) is 100 cm³/mol. The van der Waals surface area contributed by atoms with Crippen LogP contribution < -0.4 is 0 Å². The summed E-state index contributed by atoms with van der Waals surface area (Å²) in [7, 11) is 0. The summed E-state index contributed by atoms with van der Waals surface area (Å²) in [5.74, 6) is -1.66. The summed E-state index contributed by atoms with van der Waals surface area (Å²) >= 11 is 0. The van der Waals surface area contributed by atoms with Crippen LogP contribution in [0.15, 0.2) is 52.7 Å². The smallest absolute Gasteiger partial charge is 0.295 e. The van der Waals surface area contributed by atoms with Crippen LogP contribution in [0.5, 0.6) is 0 Å². The fourth-order valence-corrected chi connectivity index (χ4v) is 3.31. The number of Topliss-reactive ketones (excluding diaryl/α,β-unsaturated/α-hetero) is 1. The van der Waals surface area contributed by atoms with Gasteiger partial charge in [-0.2, -0.15) is 0 Å². The number of hydrogen-bond donors (Lipinski definition) is 1. The number of nitrogens with zero attached hydrogens (tertiary/aromatic N) is 2. The SMILES string of the molecule is CCCCCN1C(=O)C(=O)/C(=C(\O)c2cccc([N+](=O)[O-])c2)C1c1ccco1. The van der Waals surface area contributed by atoms with Crippen molar-refractivity contribution in [2.45, 2.75) is 32.2 Å². The zero-order valence-electron chi connectivity index (χ0n) is 15.3. The molecule has 3 rings (SSSR count). The Bertz CT molecular complexity index is 932. The van der Waals surface area contributed by atoms with Crippen molar-refractivity contribution < 1.29 is 24.0 Å². The van der Waals surface area contributed by atoms with Crippen LogP contribution in [0, 0.1) is 10.1 Å². The Balaban J connectivity index is 2.09. The van der Waals surface area contributed by atoms with Crippen molar-refractivity contribution in [2.24, 2.45) is 0 Å². The molecular weight excluding hydrogens is 364 g/mol. The van der Waals surface area contributed by atoms with Crippen LogP contribution in [-0.2, 0) is 9.59 Å². The van der Waals surface area contributed by atoms with Crippen LogP contribution in [0.25, 0.3) is 5.76 Å². The number of benzene rings is 1. The van der Waals surface area contributed by atoms with E-state index < -0.39 is 28.4 Å². The van der Waals surface area contributed by atoms with E-state index in [2.05, 4.69) is 0 Å². The summed E-state index contributed by atoms with van der Waals surface area (Å²) in [4.78, 5) is 37.1. The van der Waals surface area contributed by atoms with Gasteiger partial charge in [0.15, 0.2) is 0 Å². The lowest BCUT2D eigenvalue weighted by atomic mass is 9.99. The Kier molecular flexibility index (Phi) is 5.58. The Morgan fingerprint density at radius 3 is 2.68 bits per heavy atom. The maximum Gasteiger partial charge on any atom is 0.295 e. The molecule has 1 aromatic heterocycles. The van der Waals surface area contributed by atoms with E-state index in [1.165, 1.54) is 35.4 Å². The van der Waals surface area contributed by atoms with E-state index >= 15 is 0 Å². The molecule has 1 aromatic carbocycles. The molecule has 8 nitrogen and oxygen atoms in total. The summed E-state index contributed by atoms with van der Waals surface area (Å²) in [5.41, 5.74) is -0.259. The minimum atomic E-state index is -0.869. The molecule has 0 bridgehead atoms. The molecule has 1 fully saturated rings. The van der Waals surface area contributed by atoms with Crippen molar-refractivity contribution in [3.05, 3.63) is 69.7 Å². The quantitative estimate of drug-likeness (QED) is 0.194. The molecule has 28 heavy (non-hydrogen) atoms. The maximum absolute atomic E-state index is 12.7. The number of carbonyl (C=O) groups excluding carboxylic acids is 2. The molecule has 146 valence electrons. The lowest BCUT2D eigenvalue weighted by Crippen LogP contribution is -2.30. The van der Waals surface area contributed by atoms with E-state index in [0.717, 1.165) is 12.8 Å². The second kappa shape index (κ2) is 8.08. The van der Waals surface area contributed by atoms with Gasteiger partial charge < -0.3 is 14.4 Å². The van der Waals surface area contributed by atoms with Gasteiger partial charge in [0.2, 0.25) is 0 Å². The summed E-state index contributed by atoms with van der Waals surface area (Å²) in [6.45, 7) is 2.37. The topological polar surface area (TPSA) is 114 Å². The fraction of sp³-hybridized carbons (Fsp3) is 0.300. The highest BCUT2D eigenvalue weighted by atomic mass is 16.6. The normalized spacial score (nSPS) is 18.6. The second-order valence-electron chi connectivity index (χ2n) is 6.52. The van der Waals surface area contributed by atoms with Gasteiger partial charge in [-0.3, -0.25) is 19.7 Å². The van der Waals surface area contributed by atoms with Crippen LogP contribution in [0.2, 0.25) is 0 Å². The number of rotatable bonds is 7. The predicted octanol–water partition coefficient (Wildman–Crippen LogP) is 3.80. The summed E-state index contributed by atoms with van der Waals surface area (Å²) < 4.78 is 5.43. The highest BCUT2D eigenvalue weighted by Crippen LogP contribution is 2.40. The molecule has 1 amide bonds. The number of unbranched alkanes of at least 4 members (excludes halogenated alkanes) is 2. The van der Waals surface area contributed by atoms with Gasteiger partial charge in [-0.1, -0.05) is 31.9 Å². The standard InChI is InChI=1S/C20H20N2O6/c1-2-3-4-10-21-17(15-9-6-11-28-15)16(19(24)20(21)25)18(23)13-7-5-8-14(12-13)22(26)27/h5-9,11-12,17,23H,2-4,10H2,1H3/b18-16-. The number of furan rings is 1. The molecule has 1 unspecified atom stereocenters. The number of hydrogen-bond acceptors (Lipinski definition) is 6. The molecule has 8 heteroatoms. The van der Waals surface area contributed by atoms with Crippen molar-refractivity contribution in [1.29, 1.82) is 0 Å². The van der Waals surface area contributed by atoms with Gasteiger partial charge in [0.1, 0.15) is 17.6 Å². The van der Waals surface area contributed by atoms with E-state index in [-0.39, 0.29) is 16.8 Å². The molecule has 0 radical (unpaired) electrons. The van der Waals surface area contributed by atoms with Crippen molar-refractivity contribution in [2.75, 3.05) is 6.54 Å². The van der Waals surface area contributed by atoms with E-state index in [4.69, 9.17) is 4.42 Å². The first-order chi connectivity index (χ1) is 13.5. The van der Waals surface area contributed by atoms with E-state index in [1.54, 1.807) is 12.1 Å². The molecule has 1 aliphatic heterocycles. The fourth-order valence-electron chi connectivity index (χ4n) is 3.31. The average Bonchev–Trinajstić information content (AvgIpc) is 3.30. The van der Waals surface area contributed by atoms with E-state index in [9.17, 15) is 24.8 Å². The van der Waals surface area contributed by atoms with E-state index in [1.807, 2.05) is 6.92 Å². The van der Waals surface area contributed by atoms with Crippen molar-refractivity contribution in [3.8, 4) is 0 Å². The molecule has 1 saturated heterocycles. The number of nitro groups is 1. The van der Waals surface area contributed by atoms with Crippen LogP contribution >= 0.6 is 0 Å². The first-order valence-corrected chi connectivity index (χ1v) is 9.02. The van der Waals surface area contributed by atoms with Gasteiger partial charge in [0.25, 0.3) is 17.4 Å². The summed E-state index contributed by atoms with van der Waals surface area (Å²) in [6, 6.07) is 7.70. The Hall–Kier alpha value is -3.42. The number of ketones is 1. The number of aliphatic hydroxyl groups is 1. The first-order valence-electron chi connectivity index (χ1n) is 9.02. The summed E-state index contributed by atoms with van der Waals surface area (Å²) in [5, 5.41) is 21.8. The largest absolute Gasteiger partial charge is 0.507 e. The van der Waals surface area contributed by atoms with Gasteiger partial charge >= 0.3 is 0 Å². The molecule has 1 atom stereocenters. The molecule has 1 aliphatic rings. The lowest BCUT2D eigenvalue weighted by molar-refractivity contribution is -0.384. The lowest BCUT2D eigenvalue weighted by Gasteiger charge is -2.23.